The van der Waals surface area contributed by atoms with E-state index < -0.39 is 24.9 Å². The van der Waals surface area contributed by atoms with E-state index >= 15 is 0 Å². The van der Waals surface area contributed by atoms with Gasteiger partial charge in [-0.15, -0.1) is 0 Å². The molecule has 0 aliphatic carbocycles. The molecule has 2 aromatic heterocycles. The summed E-state index contributed by atoms with van der Waals surface area (Å²) in [5.74, 6) is -0.00852. The van der Waals surface area contributed by atoms with E-state index in [0.717, 1.165) is 0 Å². The highest BCUT2D eigenvalue weighted by Gasteiger charge is 2.27. The number of hydrogen-bond donors (Lipinski definition) is 1. The Morgan fingerprint density at radius 1 is 1.36 bits per heavy atom. The van der Waals surface area contributed by atoms with E-state index in [4.69, 9.17) is 4.52 Å². The van der Waals surface area contributed by atoms with Gasteiger partial charge in [0, 0.05) is 37.3 Å². The Hall–Kier alpha value is -2.45. The fraction of sp³-hybridized carbons (Fsp3) is 0.385. The van der Waals surface area contributed by atoms with Crippen LogP contribution in [0, 0.1) is 0 Å². The van der Waals surface area contributed by atoms with Crippen molar-refractivity contribution >= 4 is 5.91 Å². The van der Waals surface area contributed by atoms with Gasteiger partial charge < -0.3 is 9.84 Å². The molecule has 0 aliphatic rings. The van der Waals surface area contributed by atoms with Crippen molar-refractivity contribution in [3.05, 3.63) is 30.4 Å². The molecular weight excluding hydrogens is 301 g/mol. The number of rotatable bonds is 6. The molecule has 22 heavy (non-hydrogen) atoms. The van der Waals surface area contributed by atoms with Gasteiger partial charge in [-0.2, -0.15) is 18.2 Å². The van der Waals surface area contributed by atoms with Crippen molar-refractivity contribution < 1.29 is 22.5 Å². The van der Waals surface area contributed by atoms with Gasteiger partial charge in [0.1, 0.15) is 0 Å². The Morgan fingerprint density at radius 2 is 2.18 bits per heavy atom. The normalized spacial score (nSPS) is 11.4. The zero-order chi connectivity index (χ0) is 16.0. The number of hydrogen-bond acceptors (Lipinski definition) is 5. The van der Waals surface area contributed by atoms with Crippen molar-refractivity contribution in [2.24, 2.45) is 0 Å². The van der Waals surface area contributed by atoms with E-state index in [1.807, 2.05) is 0 Å². The standard InChI is InChI=1S/C13H13F3N4O2/c14-13(15,16)5-3-10(21)18-7-4-11-19-12(20-22-11)9-2-1-6-17-8-9/h1-2,6,8H,3-5,7H2,(H,18,21). The van der Waals surface area contributed by atoms with Crippen LogP contribution in [0.25, 0.3) is 11.4 Å². The van der Waals surface area contributed by atoms with Crippen LogP contribution in [0.3, 0.4) is 0 Å². The molecule has 0 unspecified atom stereocenters. The number of nitrogens with one attached hydrogen (secondary N) is 1. The molecule has 2 rings (SSSR count). The van der Waals surface area contributed by atoms with Crippen molar-refractivity contribution in [2.75, 3.05) is 6.54 Å². The molecule has 0 spiro atoms. The number of amides is 1. The molecule has 0 atom stereocenters. The van der Waals surface area contributed by atoms with Gasteiger partial charge in [-0.05, 0) is 12.1 Å². The molecule has 0 saturated heterocycles. The Balaban J connectivity index is 1.76. The van der Waals surface area contributed by atoms with Crippen LogP contribution >= 0.6 is 0 Å². The highest BCUT2D eigenvalue weighted by atomic mass is 19.4. The lowest BCUT2D eigenvalue weighted by Gasteiger charge is -2.06. The summed E-state index contributed by atoms with van der Waals surface area (Å²) >= 11 is 0. The summed E-state index contributed by atoms with van der Waals surface area (Å²) in [4.78, 5) is 19.3. The molecule has 9 heteroatoms. The predicted molar refractivity (Wildman–Crippen MR) is 69.5 cm³/mol. The average Bonchev–Trinajstić information content (AvgIpc) is 2.94. The summed E-state index contributed by atoms with van der Waals surface area (Å²) in [5, 5.41) is 6.14. The smallest absolute Gasteiger partial charge is 0.356 e. The Bertz CT molecular complexity index is 613. The summed E-state index contributed by atoms with van der Waals surface area (Å²) in [6.07, 6.45) is -2.62. The van der Waals surface area contributed by atoms with Crippen LogP contribution in [0.1, 0.15) is 18.7 Å². The maximum Gasteiger partial charge on any atom is 0.389 e. The molecule has 1 N–H and O–H groups in total. The summed E-state index contributed by atoms with van der Waals surface area (Å²) in [5.41, 5.74) is 0.687. The lowest BCUT2D eigenvalue weighted by molar-refractivity contribution is -0.144. The van der Waals surface area contributed by atoms with Crippen molar-refractivity contribution in [2.45, 2.75) is 25.4 Å². The second-order valence-corrected chi connectivity index (χ2v) is 4.47. The Morgan fingerprint density at radius 3 is 2.86 bits per heavy atom. The largest absolute Gasteiger partial charge is 0.389 e. The van der Waals surface area contributed by atoms with Crippen LogP contribution in [-0.4, -0.2) is 33.8 Å². The monoisotopic (exact) mass is 314 g/mol. The van der Waals surface area contributed by atoms with Crippen molar-refractivity contribution in [3.63, 3.8) is 0 Å². The molecule has 1 amide bonds. The minimum absolute atomic E-state index is 0.130. The number of pyridine rings is 1. The fourth-order valence-corrected chi connectivity index (χ4v) is 1.62. The number of carbonyl (C=O) groups excluding carboxylic acids is 1. The molecule has 118 valence electrons. The summed E-state index contributed by atoms with van der Waals surface area (Å²) in [7, 11) is 0. The number of carbonyl (C=O) groups is 1. The minimum atomic E-state index is -4.33. The first-order chi connectivity index (χ1) is 10.4. The fourth-order valence-electron chi connectivity index (χ4n) is 1.62. The SMILES string of the molecule is O=C(CCC(F)(F)F)NCCc1nc(-c2cccnc2)no1. The van der Waals surface area contributed by atoms with E-state index in [0.29, 0.717) is 11.4 Å². The van der Waals surface area contributed by atoms with E-state index in [-0.39, 0.29) is 18.9 Å². The second-order valence-electron chi connectivity index (χ2n) is 4.47. The highest BCUT2D eigenvalue weighted by molar-refractivity contribution is 5.75. The van der Waals surface area contributed by atoms with Gasteiger partial charge in [0.25, 0.3) is 0 Å². The van der Waals surface area contributed by atoms with Gasteiger partial charge in [-0.1, -0.05) is 5.16 Å². The van der Waals surface area contributed by atoms with Gasteiger partial charge in [0.05, 0.1) is 6.42 Å². The van der Waals surface area contributed by atoms with Crippen molar-refractivity contribution in [1.82, 2.24) is 20.4 Å². The summed E-state index contributed by atoms with van der Waals surface area (Å²) < 4.78 is 40.8. The molecule has 0 aliphatic heterocycles. The third kappa shape index (κ3) is 5.15. The maximum absolute atomic E-state index is 11.9. The maximum atomic E-state index is 11.9. The van der Waals surface area contributed by atoms with Crippen molar-refractivity contribution in [3.8, 4) is 11.4 Å². The van der Waals surface area contributed by atoms with Gasteiger partial charge >= 0.3 is 6.18 Å². The second kappa shape index (κ2) is 7.01. The van der Waals surface area contributed by atoms with E-state index in [2.05, 4.69) is 20.4 Å². The number of aromatic nitrogens is 3. The lowest BCUT2D eigenvalue weighted by Crippen LogP contribution is -2.27. The van der Waals surface area contributed by atoms with Crippen LogP contribution in [0.2, 0.25) is 0 Å². The molecule has 0 saturated carbocycles. The number of nitrogens with zero attached hydrogens (tertiary/aromatic N) is 3. The highest BCUT2D eigenvalue weighted by Crippen LogP contribution is 2.21. The minimum Gasteiger partial charge on any atom is -0.356 e. The predicted octanol–water partition coefficient (Wildman–Crippen LogP) is 2.13. The molecule has 0 fully saturated rings. The molecule has 0 bridgehead atoms. The molecule has 2 aromatic rings. The quantitative estimate of drug-likeness (QED) is 0.883. The van der Waals surface area contributed by atoms with E-state index in [9.17, 15) is 18.0 Å². The Kier molecular flexibility index (Phi) is 5.08. The average molecular weight is 314 g/mol. The van der Waals surface area contributed by atoms with Crippen LogP contribution in [-0.2, 0) is 11.2 Å². The molecule has 6 nitrogen and oxygen atoms in total. The van der Waals surface area contributed by atoms with Gasteiger partial charge in [0.2, 0.25) is 17.6 Å². The zero-order valence-corrected chi connectivity index (χ0v) is 11.4. The molecule has 0 aromatic carbocycles. The third-order valence-electron chi connectivity index (χ3n) is 2.68. The lowest BCUT2D eigenvalue weighted by atomic mass is 10.3. The molecule has 0 radical (unpaired) electrons. The number of halogens is 3. The topological polar surface area (TPSA) is 80.9 Å². The van der Waals surface area contributed by atoms with Crippen LogP contribution in [0.5, 0.6) is 0 Å². The van der Waals surface area contributed by atoms with Gasteiger partial charge in [-0.25, -0.2) is 0 Å². The van der Waals surface area contributed by atoms with E-state index in [1.54, 1.807) is 24.5 Å². The van der Waals surface area contributed by atoms with Crippen LogP contribution < -0.4 is 5.32 Å². The first-order valence-electron chi connectivity index (χ1n) is 6.50. The molecule has 2 heterocycles. The van der Waals surface area contributed by atoms with Gasteiger partial charge in [-0.3, -0.25) is 9.78 Å². The van der Waals surface area contributed by atoms with Gasteiger partial charge in [0.15, 0.2) is 0 Å². The Labute approximate surface area is 123 Å². The van der Waals surface area contributed by atoms with Crippen molar-refractivity contribution in [1.29, 1.82) is 0 Å². The summed E-state index contributed by atoms with van der Waals surface area (Å²) in [6, 6.07) is 3.49. The number of alkyl halides is 3. The summed E-state index contributed by atoms with van der Waals surface area (Å²) in [6.45, 7) is 0.130. The first kappa shape index (κ1) is 15.9. The first-order valence-corrected chi connectivity index (χ1v) is 6.50. The zero-order valence-electron chi connectivity index (χ0n) is 11.4. The molecular formula is C13H13F3N4O2. The van der Waals surface area contributed by atoms with E-state index in [1.165, 1.54) is 0 Å². The van der Waals surface area contributed by atoms with Crippen LogP contribution in [0.4, 0.5) is 13.2 Å². The third-order valence-corrected chi connectivity index (χ3v) is 2.68. The van der Waals surface area contributed by atoms with Crippen LogP contribution in [0.15, 0.2) is 29.0 Å².